The fourth-order valence-corrected chi connectivity index (χ4v) is 1.20. The molecule has 0 radical (unpaired) electrons. The van der Waals surface area contributed by atoms with Crippen LogP contribution in [0.25, 0.3) is 0 Å². The van der Waals surface area contributed by atoms with Crippen LogP contribution in [0.2, 0.25) is 0 Å². The summed E-state index contributed by atoms with van der Waals surface area (Å²) in [4.78, 5) is 22.4. The first-order chi connectivity index (χ1) is 8.72. The quantitative estimate of drug-likeness (QED) is 0.439. The molecular weight excluding hydrogens is 246 g/mol. The summed E-state index contributed by atoms with van der Waals surface area (Å²) < 4.78 is 10.0. The van der Waals surface area contributed by atoms with Gasteiger partial charge in [0, 0.05) is 12.1 Å². The Morgan fingerprint density at radius 3 is 2.32 bits per heavy atom. The van der Waals surface area contributed by atoms with Crippen LogP contribution in [0.1, 0.15) is 47.0 Å². The van der Waals surface area contributed by atoms with Gasteiger partial charge in [0.1, 0.15) is 5.60 Å². The summed E-state index contributed by atoms with van der Waals surface area (Å²) >= 11 is 0. The lowest BCUT2D eigenvalue weighted by Crippen LogP contribution is -2.33. The van der Waals surface area contributed by atoms with E-state index < -0.39 is 11.7 Å². The summed E-state index contributed by atoms with van der Waals surface area (Å²) in [6.07, 6.45) is 2.07. The molecule has 0 atom stereocenters. The molecule has 0 bridgehead atoms. The first-order valence-corrected chi connectivity index (χ1v) is 6.52. The van der Waals surface area contributed by atoms with Gasteiger partial charge in [0.15, 0.2) is 0 Å². The predicted molar refractivity (Wildman–Crippen MR) is 73.9 cm³/mol. The number of carbonyl (C=O) groups excluding carboxylic acids is 2. The molecule has 0 aromatic heterocycles. The molecule has 0 rings (SSSR count). The van der Waals surface area contributed by atoms with Gasteiger partial charge in [-0.25, -0.2) is 9.59 Å². The molecule has 19 heavy (non-hydrogen) atoms. The predicted octanol–water partition coefficient (Wildman–Crippen LogP) is 2.80. The van der Waals surface area contributed by atoms with E-state index >= 15 is 0 Å². The summed E-state index contributed by atoms with van der Waals surface area (Å²) in [5.74, 6) is -0.355. The molecule has 5 heteroatoms. The molecule has 0 aliphatic rings. The second-order valence-electron chi connectivity index (χ2n) is 5.41. The van der Waals surface area contributed by atoms with Crippen LogP contribution in [-0.2, 0) is 14.3 Å². The Labute approximate surface area is 115 Å². The molecule has 1 amide bonds. The number of hydrogen-bond acceptors (Lipinski definition) is 4. The maximum absolute atomic E-state index is 11.3. The van der Waals surface area contributed by atoms with Gasteiger partial charge in [-0.15, -0.1) is 0 Å². The monoisotopic (exact) mass is 271 g/mol. The van der Waals surface area contributed by atoms with E-state index in [0.29, 0.717) is 18.7 Å². The van der Waals surface area contributed by atoms with Gasteiger partial charge in [-0.3, -0.25) is 0 Å². The number of nitrogens with one attached hydrogen (secondary N) is 1. The largest absolute Gasteiger partial charge is 0.462 e. The van der Waals surface area contributed by atoms with Gasteiger partial charge in [0.25, 0.3) is 0 Å². The molecule has 0 unspecified atom stereocenters. The molecule has 0 saturated heterocycles. The standard InChI is InChI=1S/C14H25NO4/c1-11(2)12(16)18-10-8-6-7-9-15-13(17)19-14(3,4)5/h1,6-10H2,2-5H3,(H,15,17). The summed E-state index contributed by atoms with van der Waals surface area (Å²) in [6, 6.07) is 0. The third-order valence-electron chi connectivity index (χ3n) is 2.07. The van der Waals surface area contributed by atoms with Gasteiger partial charge in [-0.05, 0) is 47.0 Å². The van der Waals surface area contributed by atoms with Crippen molar-refractivity contribution < 1.29 is 19.1 Å². The zero-order valence-electron chi connectivity index (χ0n) is 12.4. The van der Waals surface area contributed by atoms with Crippen molar-refractivity contribution >= 4 is 12.1 Å². The average molecular weight is 271 g/mol. The van der Waals surface area contributed by atoms with Crippen LogP contribution in [-0.4, -0.2) is 30.8 Å². The van der Waals surface area contributed by atoms with Gasteiger partial charge >= 0.3 is 12.1 Å². The highest BCUT2D eigenvalue weighted by molar-refractivity contribution is 5.86. The van der Waals surface area contributed by atoms with Crippen LogP contribution in [0.15, 0.2) is 12.2 Å². The Kier molecular flexibility index (Phi) is 7.87. The van der Waals surface area contributed by atoms with Gasteiger partial charge in [0.05, 0.1) is 6.61 Å². The second-order valence-corrected chi connectivity index (χ2v) is 5.41. The van der Waals surface area contributed by atoms with E-state index in [-0.39, 0.29) is 5.97 Å². The van der Waals surface area contributed by atoms with Crippen molar-refractivity contribution in [2.24, 2.45) is 0 Å². The third kappa shape index (κ3) is 11.3. The first kappa shape index (κ1) is 17.5. The lowest BCUT2D eigenvalue weighted by molar-refractivity contribution is -0.139. The van der Waals surface area contributed by atoms with E-state index in [2.05, 4.69) is 11.9 Å². The Balaban J connectivity index is 3.44. The number of esters is 1. The molecule has 1 N–H and O–H groups in total. The minimum Gasteiger partial charge on any atom is -0.462 e. The molecule has 0 saturated carbocycles. The molecule has 0 aliphatic heterocycles. The Morgan fingerprint density at radius 2 is 1.79 bits per heavy atom. The van der Waals surface area contributed by atoms with Gasteiger partial charge in [0.2, 0.25) is 0 Å². The number of alkyl carbamates (subject to hydrolysis) is 1. The molecule has 5 nitrogen and oxygen atoms in total. The molecule has 0 heterocycles. The van der Waals surface area contributed by atoms with Gasteiger partial charge in [-0.2, -0.15) is 0 Å². The van der Waals surface area contributed by atoms with E-state index in [4.69, 9.17) is 9.47 Å². The third-order valence-corrected chi connectivity index (χ3v) is 2.07. The van der Waals surface area contributed by atoms with Crippen molar-refractivity contribution in [3.8, 4) is 0 Å². The number of amides is 1. The highest BCUT2D eigenvalue weighted by Crippen LogP contribution is 2.06. The maximum Gasteiger partial charge on any atom is 0.407 e. The highest BCUT2D eigenvalue weighted by atomic mass is 16.6. The summed E-state index contributed by atoms with van der Waals surface area (Å²) in [5.41, 5.74) is -0.0625. The van der Waals surface area contributed by atoms with Crippen molar-refractivity contribution in [1.82, 2.24) is 5.32 Å². The smallest absolute Gasteiger partial charge is 0.407 e. The number of rotatable bonds is 7. The lowest BCUT2D eigenvalue weighted by Gasteiger charge is -2.19. The van der Waals surface area contributed by atoms with Crippen LogP contribution in [0.3, 0.4) is 0 Å². The second kappa shape index (κ2) is 8.56. The minimum atomic E-state index is -0.471. The molecule has 0 spiro atoms. The molecular formula is C14H25NO4. The van der Waals surface area contributed by atoms with E-state index in [0.717, 1.165) is 19.3 Å². The number of carbonyl (C=O) groups is 2. The zero-order valence-corrected chi connectivity index (χ0v) is 12.4. The zero-order chi connectivity index (χ0) is 14.9. The number of hydrogen-bond donors (Lipinski definition) is 1. The van der Waals surface area contributed by atoms with Crippen LogP contribution in [0.4, 0.5) is 4.79 Å². The fourth-order valence-electron chi connectivity index (χ4n) is 1.20. The molecule has 0 aliphatic carbocycles. The highest BCUT2D eigenvalue weighted by Gasteiger charge is 2.15. The van der Waals surface area contributed by atoms with Crippen molar-refractivity contribution in [3.63, 3.8) is 0 Å². The van der Waals surface area contributed by atoms with Crippen LogP contribution in [0, 0.1) is 0 Å². The maximum atomic E-state index is 11.3. The van der Waals surface area contributed by atoms with Crippen molar-refractivity contribution in [2.45, 2.75) is 52.6 Å². The average Bonchev–Trinajstić information content (AvgIpc) is 2.24. The molecule has 0 aromatic carbocycles. The van der Waals surface area contributed by atoms with Crippen molar-refractivity contribution in [2.75, 3.05) is 13.2 Å². The SMILES string of the molecule is C=C(C)C(=O)OCCCCCNC(=O)OC(C)(C)C. The molecule has 0 aromatic rings. The van der Waals surface area contributed by atoms with Crippen molar-refractivity contribution in [3.05, 3.63) is 12.2 Å². The van der Waals surface area contributed by atoms with Crippen LogP contribution >= 0.6 is 0 Å². The van der Waals surface area contributed by atoms with Crippen LogP contribution in [0.5, 0.6) is 0 Å². The summed E-state index contributed by atoms with van der Waals surface area (Å²) in [6.45, 7) is 11.5. The summed E-state index contributed by atoms with van der Waals surface area (Å²) in [5, 5.41) is 2.67. The van der Waals surface area contributed by atoms with E-state index in [1.807, 2.05) is 20.8 Å². The topological polar surface area (TPSA) is 64.6 Å². The molecule has 110 valence electrons. The van der Waals surface area contributed by atoms with E-state index in [1.54, 1.807) is 6.92 Å². The van der Waals surface area contributed by atoms with Crippen LogP contribution < -0.4 is 5.32 Å². The number of ether oxygens (including phenoxy) is 2. The lowest BCUT2D eigenvalue weighted by atomic mass is 10.2. The summed E-state index contributed by atoms with van der Waals surface area (Å²) in [7, 11) is 0. The van der Waals surface area contributed by atoms with E-state index in [9.17, 15) is 9.59 Å². The van der Waals surface area contributed by atoms with Gasteiger partial charge < -0.3 is 14.8 Å². The Bertz CT molecular complexity index is 318. The normalized spacial score (nSPS) is 10.7. The Hall–Kier alpha value is -1.52. The van der Waals surface area contributed by atoms with Crippen molar-refractivity contribution in [1.29, 1.82) is 0 Å². The fraction of sp³-hybridized carbons (Fsp3) is 0.714. The van der Waals surface area contributed by atoms with Gasteiger partial charge in [-0.1, -0.05) is 6.58 Å². The van der Waals surface area contributed by atoms with E-state index in [1.165, 1.54) is 0 Å². The Morgan fingerprint density at radius 1 is 1.16 bits per heavy atom. The molecule has 0 fully saturated rings. The minimum absolute atomic E-state index is 0.355. The number of unbranched alkanes of at least 4 members (excludes halogenated alkanes) is 2. The first-order valence-electron chi connectivity index (χ1n) is 6.52.